The van der Waals surface area contributed by atoms with E-state index in [1.165, 1.54) is 98.7 Å². The first-order valence-electron chi connectivity index (χ1n) is 20.4. The molecule has 0 radical (unpaired) electrons. The number of rotatable bonds is 6. The van der Waals surface area contributed by atoms with Gasteiger partial charge in [-0.05, 0) is 141 Å². The first-order valence-corrected chi connectivity index (χ1v) is 20.4. The average Bonchev–Trinajstić information content (AvgIpc) is 3.64. The molecule has 0 aliphatic heterocycles. The maximum atomic E-state index is 2.37. The Bertz CT molecular complexity index is 3380. The second-order valence-corrected chi connectivity index (χ2v) is 15.7. The Balaban J connectivity index is 0.944. The zero-order valence-corrected chi connectivity index (χ0v) is 32.3. The van der Waals surface area contributed by atoms with Gasteiger partial charge in [0.05, 0.1) is 0 Å². The van der Waals surface area contributed by atoms with Crippen molar-refractivity contribution in [1.29, 1.82) is 0 Å². The number of hydrogen-bond acceptors (Lipinski definition) is 1. The molecule has 12 rings (SSSR count). The van der Waals surface area contributed by atoms with E-state index in [0.29, 0.717) is 0 Å². The van der Waals surface area contributed by atoms with Crippen LogP contribution in [0.3, 0.4) is 0 Å². The summed E-state index contributed by atoms with van der Waals surface area (Å²) in [5, 5.41) is 10.2. The van der Waals surface area contributed by atoms with Crippen molar-refractivity contribution >= 4 is 60.2 Å². The third-order valence-corrected chi connectivity index (χ3v) is 12.4. The minimum absolute atomic E-state index is 1.11. The molecule has 0 saturated heterocycles. The van der Waals surface area contributed by atoms with E-state index in [-0.39, 0.29) is 0 Å². The van der Waals surface area contributed by atoms with E-state index in [1.807, 2.05) is 0 Å². The second-order valence-electron chi connectivity index (χ2n) is 15.7. The van der Waals surface area contributed by atoms with Gasteiger partial charge in [0.15, 0.2) is 0 Å². The van der Waals surface area contributed by atoms with E-state index < -0.39 is 0 Å². The number of anilines is 3. The molecule has 0 saturated carbocycles. The Labute approximate surface area is 343 Å². The minimum atomic E-state index is 1.11. The van der Waals surface area contributed by atoms with Gasteiger partial charge in [-0.3, -0.25) is 0 Å². The van der Waals surface area contributed by atoms with Crippen LogP contribution in [0.15, 0.2) is 224 Å². The summed E-state index contributed by atoms with van der Waals surface area (Å²) in [5.74, 6) is 0. The van der Waals surface area contributed by atoms with Gasteiger partial charge in [0.1, 0.15) is 0 Å². The predicted molar refractivity (Wildman–Crippen MR) is 252 cm³/mol. The fraction of sp³-hybridized carbons (Fsp3) is 0. The molecular formula is C58H37N. The molecule has 11 aromatic rings. The lowest BCUT2D eigenvalue weighted by Crippen LogP contribution is -2.09. The van der Waals surface area contributed by atoms with Gasteiger partial charge in [-0.25, -0.2) is 0 Å². The molecule has 0 atom stereocenters. The van der Waals surface area contributed by atoms with Gasteiger partial charge in [-0.2, -0.15) is 0 Å². The molecule has 1 nitrogen and oxygen atoms in total. The lowest BCUT2D eigenvalue weighted by molar-refractivity contribution is 1.28. The lowest BCUT2D eigenvalue weighted by atomic mass is 9.94. The maximum absolute atomic E-state index is 2.37. The van der Waals surface area contributed by atoms with Crippen molar-refractivity contribution in [3.63, 3.8) is 0 Å². The van der Waals surface area contributed by atoms with Crippen LogP contribution in [0, 0.1) is 0 Å². The smallest absolute Gasteiger partial charge is 0.0462 e. The molecule has 0 aromatic heterocycles. The summed E-state index contributed by atoms with van der Waals surface area (Å²) >= 11 is 0. The van der Waals surface area contributed by atoms with Crippen LogP contribution in [0.1, 0.15) is 0 Å². The number of hydrogen-bond donors (Lipinski definition) is 0. The van der Waals surface area contributed by atoms with Gasteiger partial charge >= 0.3 is 0 Å². The van der Waals surface area contributed by atoms with Crippen LogP contribution in [0.2, 0.25) is 0 Å². The van der Waals surface area contributed by atoms with E-state index in [0.717, 1.165) is 17.1 Å². The summed E-state index contributed by atoms with van der Waals surface area (Å²) in [6.45, 7) is 0. The number of nitrogens with zero attached hydrogens (tertiary/aromatic N) is 1. The Hall–Kier alpha value is -7.74. The van der Waals surface area contributed by atoms with Crippen LogP contribution in [0.4, 0.5) is 17.1 Å². The summed E-state index contributed by atoms with van der Waals surface area (Å²) in [4.78, 5) is 2.37. The molecule has 1 heteroatoms. The maximum Gasteiger partial charge on any atom is 0.0462 e. The van der Waals surface area contributed by atoms with Crippen LogP contribution >= 0.6 is 0 Å². The monoisotopic (exact) mass is 747 g/mol. The number of fused-ring (bicyclic) bond motifs is 7. The summed E-state index contributed by atoms with van der Waals surface area (Å²) < 4.78 is 0. The highest BCUT2D eigenvalue weighted by atomic mass is 15.1. The van der Waals surface area contributed by atoms with Gasteiger partial charge in [0, 0.05) is 17.1 Å². The molecule has 0 amide bonds. The third-order valence-electron chi connectivity index (χ3n) is 12.4. The first-order chi connectivity index (χ1) is 29.2. The standard InChI is InChI=1S/C58H37N/c1-3-12-48-39(9-1)11-7-16-49(48)41-25-31-46(32-26-41)59(45-29-23-38(24-30-45)44-22-21-43-20-19-40-10-2-4-13-50(40)57(43)37-44)47-33-27-42(28-34-47)51-35-36-56-53-15-6-5-14-52(53)55-18-8-17-54(51)58(55)56/h1-37H. The van der Waals surface area contributed by atoms with Gasteiger partial charge in [-0.15, -0.1) is 0 Å². The van der Waals surface area contributed by atoms with Gasteiger partial charge < -0.3 is 4.90 Å². The predicted octanol–water partition coefficient (Wildman–Crippen LogP) is 16.4. The van der Waals surface area contributed by atoms with Crippen molar-refractivity contribution in [1.82, 2.24) is 0 Å². The zero-order chi connectivity index (χ0) is 38.9. The minimum Gasteiger partial charge on any atom is -0.311 e. The fourth-order valence-corrected chi connectivity index (χ4v) is 9.55. The topological polar surface area (TPSA) is 3.24 Å². The fourth-order valence-electron chi connectivity index (χ4n) is 9.55. The van der Waals surface area contributed by atoms with Crippen LogP contribution in [0.25, 0.3) is 98.7 Å². The molecule has 0 spiro atoms. The Morgan fingerprint density at radius 1 is 0.220 bits per heavy atom. The van der Waals surface area contributed by atoms with Gasteiger partial charge in [-0.1, -0.05) is 182 Å². The normalized spacial score (nSPS) is 11.7. The average molecular weight is 748 g/mol. The van der Waals surface area contributed by atoms with Crippen molar-refractivity contribution in [2.45, 2.75) is 0 Å². The van der Waals surface area contributed by atoms with Crippen LogP contribution in [-0.2, 0) is 0 Å². The molecule has 0 unspecified atom stereocenters. The molecule has 0 heterocycles. The van der Waals surface area contributed by atoms with E-state index in [4.69, 9.17) is 0 Å². The first kappa shape index (κ1) is 33.4. The Kier molecular flexibility index (Phi) is 7.61. The Morgan fingerprint density at radius 2 is 0.627 bits per heavy atom. The van der Waals surface area contributed by atoms with Gasteiger partial charge in [0.2, 0.25) is 0 Å². The molecule has 0 bridgehead atoms. The Morgan fingerprint density at radius 3 is 1.31 bits per heavy atom. The molecular weight excluding hydrogens is 711 g/mol. The van der Waals surface area contributed by atoms with E-state index in [1.54, 1.807) is 0 Å². The van der Waals surface area contributed by atoms with Crippen LogP contribution < -0.4 is 4.90 Å². The highest BCUT2D eigenvalue weighted by molar-refractivity contribution is 6.18. The lowest BCUT2D eigenvalue weighted by Gasteiger charge is -2.26. The molecule has 0 N–H and O–H groups in total. The van der Waals surface area contributed by atoms with Crippen molar-refractivity contribution in [3.05, 3.63) is 224 Å². The molecule has 59 heavy (non-hydrogen) atoms. The SMILES string of the molecule is c1ccc2c(c1)-c1cccc3c(-c4ccc(N(c5ccc(-c6ccc7ccc8ccccc8c7c6)cc5)c5ccc(-c6cccc7ccccc67)cc5)cc4)ccc-2c13. The summed E-state index contributed by atoms with van der Waals surface area (Å²) in [6.07, 6.45) is 0. The van der Waals surface area contributed by atoms with Crippen LogP contribution in [-0.4, -0.2) is 0 Å². The molecule has 0 fully saturated rings. The van der Waals surface area contributed by atoms with E-state index in [2.05, 4.69) is 229 Å². The summed E-state index contributed by atoms with van der Waals surface area (Å²) in [6, 6.07) is 82.5. The van der Waals surface area contributed by atoms with Crippen LogP contribution in [0.5, 0.6) is 0 Å². The molecule has 1 aliphatic rings. The summed E-state index contributed by atoms with van der Waals surface area (Å²) in [5.41, 5.74) is 15.9. The van der Waals surface area contributed by atoms with Gasteiger partial charge in [0.25, 0.3) is 0 Å². The highest BCUT2D eigenvalue weighted by Crippen LogP contribution is 2.49. The van der Waals surface area contributed by atoms with Crippen molar-refractivity contribution in [2.75, 3.05) is 4.90 Å². The number of benzene rings is 11. The molecule has 1 aliphatic carbocycles. The third kappa shape index (κ3) is 5.47. The zero-order valence-electron chi connectivity index (χ0n) is 32.3. The largest absolute Gasteiger partial charge is 0.311 e. The second kappa shape index (κ2) is 13.4. The summed E-state index contributed by atoms with van der Waals surface area (Å²) in [7, 11) is 0. The van der Waals surface area contributed by atoms with Crippen molar-refractivity contribution < 1.29 is 0 Å². The molecule has 274 valence electrons. The van der Waals surface area contributed by atoms with Crippen molar-refractivity contribution in [3.8, 4) is 55.6 Å². The van der Waals surface area contributed by atoms with E-state index >= 15 is 0 Å². The van der Waals surface area contributed by atoms with E-state index in [9.17, 15) is 0 Å². The molecule has 11 aromatic carbocycles. The highest BCUT2D eigenvalue weighted by Gasteiger charge is 2.22. The van der Waals surface area contributed by atoms with Crippen molar-refractivity contribution in [2.24, 2.45) is 0 Å². The quantitative estimate of drug-likeness (QED) is 0.153.